The average Bonchev–Trinajstić information content (AvgIpc) is 2.94. The summed E-state index contributed by atoms with van der Waals surface area (Å²) in [5, 5.41) is 3.41. The zero-order valence-electron chi connectivity index (χ0n) is 11.5. The second-order valence-electron chi connectivity index (χ2n) is 4.97. The van der Waals surface area contributed by atoms with E-state index in [4.69, 9.17) is 9.47 Å². The van der Waals surface area contributed by atoms with Crippen LogP contribution in [0.5, 0.6) is 11.5 Å². The fraction of sp³-hybridized carbons (Fsp3) is 0.250. The van der Waals surface area contributed by atoms with E-state index in [2.05, 4.69) is 28.2 Å². The van der Waals surface area contributed by atoms with Crippen LogP contribution in [0.15, 0.2) is 40.9 Å². The molecular formula is C16H15BrFNO2. The van der Waals surface area contributed by atoms with Crippen molar-refractivity contribution in [2.45, 2.75) is 19.5 Å². The minimum atomic E-state index is -0.217. The summed E-state index contributed by atoms with van der Waals surface area (Å²) in [6, 6.07) is 10.7. The van der Waals surface area contributed by atoms with Gasteiger partial charge in [-0.2, -0.15) is 0 Å². The molecule has 110 valence electrons. The van der Waals surface area contributed by atoms with Gasteiger partial charge in [0.05, 0.1) is 4.47 Å². The molecule has 3 nitrogen and oxygen atoms in total. The Morgan fingerprint density at radius 3 is 2.76 bits per heavy atom. The zero-order valence-corrected chi connectivity index (χ0v) is 13.1. The molecule has 1 atom stereocenters. The molecule has 0 saturated carbocycles. The molecule has 2 aromatic carbocycles. The van der Waals surface area contributed by atoms with Crippen molar-refractivity contribution in [3.8, 4) is 11.5 Å². The van der Waals surface area contributed by atoms with Crippen molar-refractivity contribution >= 4 is 15.9 Å². The van der Waals surface area contributed by atoms with Crippen LogP contribution in [0.4, 0.5) is 4.39 Å². The minimum absolute atomic E-state index is 0.134. The number of hydrogen-bond acceptors (Lipinski definition) is 3. The van der Waals surface area contributed by atoms with Crippen LogP contribution in [0.3, 0.4) is 0 Å². The summed E-state index contributed by atoms with van der Waals surface area (Å²) in [5.74, 6) is 1.30. The molecule has 0 aliphatic carbocycles. The Bertz CT molecular complexity index is 645. The Labute approximate surface area is 131 Å². The topological polar surface area (TPSA) is 30.5 Å². The van der Waals surface area contributed by atoms with Gasteiger partial charge in [0, 0.05) is 12.6 Å². The van der Waals surface area contributed by atoms with E-state index in [1.165, 1.54) is 12.1 Å². The maximum atomic E-state index is 12.9. The highest BCUT2D eigenvalue weighted by Crippen LogP contribution is 2.40. The number of fused-ring (bicyclic) bond motifs is 1. The smallest absolute Gasteiger partial charge is 0.231 e. The summed E-state index contributed by atoms with van der Waals surface area (Å²) < 4.78 is 24.6. The van der Waals surface area contributed by atoms with Gasteiger partial charge in [0.2, 0.25) is 6.79 Å². The standard InChI is InChI=1S/C16H15BrFNO2/c1-10(12-2-4-13(18)5-3-12)19-8-11-6-14(17)16-15(7-11)20-9-21-16/h2-7,10,19H,8-9H2,1H3/t10-/m1/s1. The summed E-state index contributed by atoms with van der Waals surface area (Å²) in [7, 11) is 0. The Hall–Kier alpha value is -1.59. The van der Waals surface area contributed by atoms with Crippen LogP contribution in [-0.4, -0.2) is 6.79 Å². The van der Waals surface area contributed by atoms with Crippen molar-refractivity contribution in [2.24, 2.45) is 0 Å². The molecule has 21 heavy (non-hydrogen) atoms. The number of benzene rings is 2. The van der Waals surface area contributed by atoms with E-state index < -0.39 is 0 Å². The van der Waals surface area contributed by atoms with Gasteiger partial charge < -0.3 is 14.8 Å². The third-order valence-electron chi connectivity index (χ3n) is 3.47. The van der Waals surface area contributed by atoms with Crippen LogP contribution >= 0.6 is 15.9 Å². The Kier molecular flexibility index (Phi) is 4.12. The SMILES string of the molecule is C[C@@H](NCc1cc(Br)c2c(c1)OCO2)c1ccc(F)cc1. The van der Waals surface area contributed by atoms with Gasteiger partial charge in [0.25, 0.3) is 0 Å². The Balaban J connectivity index is 1.67. The fourth-order valence-corrected chi connectivity index (χ4v) is 2.87. The first-order valence-corrected chi connectivity index (χ1v) is 7.49. The van der Waals surface area contributed by atoms with Gasteiger partial charge in [-0.25, -0.2) is 4.39 Å². The van der Waals surface area contributed by atoms with Gasteiger partial charge in [0.1, 0.15) is 5.82 Å². The predicted molar refractivity (Wildman–Crippen MR) is 81.9 cm³/mol. The number of hydrogen-bond donors (Lipinski definition) is 1. The lowest BCUT2D eigenvalue weighted by atomic mass is 10.1. The molecular weight excluding hydrogens is 337 g/mol. The van der Waals surface area contributed by atoms with E-state index in [9.17, 15) is 4.39 Å². The van der Waals surface area contributed by atoms with Gasteiger partial charge in [0.15, 0.2) is 11.5 Å². The summed E-state index contributed by atoms with van der Waals surface area (Å²) in [6.45, 7) is 3.00. The molecule has 0 radical (unpaired) electrons. The molecule has 0 bridgehead atoms. The van der Waals surface area contributed by atoms with Gasteiger partial charge in [-0.1, -0.05) is 12.1 Å². The van der Waals surface area contributed by atoms with Gasteiger partial charge in [-0.05, 0) is 58.2 Å². The van der Waals surface area contributed by atoms with E-state index in [1.54, 1.807) is 12.1 Å². The third-order valence-corrected chi connectivity index (χ3v) is 4.06. The van der Waals surface area contributed by atoms with Gasteiger partial charge in [-0.3, -0.25) is 0 Å². The molecule has 0 fully saturated rings. The van der Waals surface area contributed by atoms with Gasteiger partial charge >= 0.3 is 0 Å². The zero-order chi connectivity index (χ0) is 14.8. The molecule has 0 unspecified atom stereocenters. The highest BCUT2D eigenvalue weighted by Gasteiger charge is 2.18. The lowest BCUT2D eigenvalue weighted by Gasteiger charge is -2.15. The second-order valence-corrected chi connectivity index (χ2v) is 5.82. The first-order valence-electron chi connectivity index (χ1n) is 6.70. The normalized spacial score (nSPS) is 14.2. The van der Waals surface area contributed by atoms with Crippen LogP contribution < -0.4 is 14.8 Å². The van der Waals surface area contributed by atoms with Crippen molar-refractivity contribution < 1.29 is 13.9 Å². The molecule has 1 heterocycles. The second kappa shape index (κ2) is 6.03. The van der Waals surface area contributed by atoms with Crippen molar-refractivity contribution in [3.63, 3.8) is 0 Å². The van der Waals surface area contributed by atoms with Crippen LogP contribution in [0, 0.1) is 5.82 Å². The number of halogens is 2. The van der Waals surface area contributed by atoms with E-state index >= 15 is 0 Å². The molecule has 5 heteroatoms. The number of ether oxygens (including phenoxy) is 2. The van der Waals surface area contributed by atoms with Crippen LogP contribution in [0.25, 0.3) is 0 Å². The molecule has 3 rings (SSSR count). The first kappa shape index (κ1) is 14.4. The molecule has 0 saturated heterocycles. The molecule has 1 aliphatic rings. The maximum Gasteiger partial charge on any atom is 0.231 e. The first-order chi connectivity index (χ1) is 10.1. The largest absolute Gasteiger partial charge is 0.454 e. The molecule has 1 aliphatic heterocycles. The monoisotopic (exact) mass is 351 g/mol. The van der Waals surface area contributed by atoms with Crippen molar-refractivity contribution in [2.75, 3.05) is 6.79 Å². The molecule has 0 amide bonds. The highest BCUT2D eigenvalue weighted by atomic mass is 79.9. The van der Waals surface area contributed by atoms with E-state index in [1.807, 2.05) is 12.1 Å². The summed E-state index contributed by atoms with van der Waals surface area (Å²) in [5.41, 5.74) is 2.15. The van der Waals surface area contributed by atoms with Crippen molar-refractivity contribution in [1.82, 2.24) is 5.32 Å². The van der Waals surface area contributed by atoms with E-state index in [-0.39, 0.29) is 18.7 Å². The molecule has 0 spiro atoms. The predicted octanol–water partition coefficient (Wildman–Crippen LogP) is 4.17. The number of rotatable bonds is 4. The minimum Gasteiger partial charge on any atom is -0.454 e. The highest BCUT2D eigenvalue weighted by molar-refractivity contribution is 9.10. The Morgan fingerprint density at radius 1 is 1.24 bits per heavy atom. The third kappa shape index (κ3) is 3.19. The van der Waals surface area contributed by atoms with E-state index in [0.717, 1.165) is 27.1 Å². The van der Waals surface area contributed by atoms with Crippen molar-refractivity contribution in [1.29, 1.82) is 0 Å². The molecule has 0 aromatic heterocycles. The quantitative estimate of drug-likeness (QED) is 0.896. The lowest BCUT2D eigenvalue weighted by molar-refractivity contribution is 0.173. The fourth-order valence-electron chi connectivity index (χ4n) is 2.26. The number of nitrogens with one attached hydrogen (secondary N) is 1. The summed E-state index contributed by atoms with van der Waals surface area (Å²) >= 11 is 3.48. The average molecular weight is 352 g/mol. The van der Waals surface area contributed by atoms with Crippen LogP contribution in [0.2, 0.25) is 0 Å². The summed E-state index contributed by atoms with van der Waals surface area (Å²) in [4.78, 5) is 0. The van der Waals surface area contributed by atoms with Crippen LogP contribution in [-0.2, 0) is 6.54 Å². The summed E-state index contributed by atoms with van der Waals surface area (Å²) in [6.07, 6.45) is 0. The lowest BCUT2D eigenvalue weighted by Crippen LogP contribution is -2.18. The molecule has 1 N–H and O–H groups in total. The van der Waals surface area contributed by atoms with E-state index in [0.29, 0.717) is 6.54 Å². The Morgan fingerprint density at radius 2 is 2.00 bits per heavy atom. The molecule has 2 aromatic rings. The van der Waals surface area contributed by atoms with Crippen LogP contribution in [0.1, 0.15) is 24.1 Å². The van der Waals surface area contributed by atoms with Crippen molar-refractivity contribution in [3.05, 3.63) is 57.8 Å². The maximum absolute atomic E-state index is 12.9. The van der Waals surface area contributed by atoms with Gasteiger partial charge in [-0.15, -0.1) is 0 Å².